The Bertz CT molecular complexity index is 1240. The van der Waals surface area contributed by atoms with Crippen LogP contribution in [-0.2, 0) is 11.3 Å². The minimum Gasteiger partial charge on any atom is -0.352 e. The molecule has 0 radical (unpaired) electrons. The summed E-state index contributed by atoms with van der Waals surface area (Å²) in [7, 11) is 0. The zero-order chi connectivity index (χ0) is 19.8. The Kier molecular flexibility index (Phi) is 4.72. The third-order valence-electron chi connectivity index (χ3n) is 5.19. The summed E-state index contributed by atoms with van der Waals surface area (Å²) in [6.45, 7) is 3.10. The molecule has 1 amide bonds. The van der Waals surface area contributed by atoms with E-state index in [4.69, 9.17) is 0 Å². The SMILES string of the molecule is O=C(CCn1cnc2sccc2c1=O)N1CCN(c2ncnc3sccc23)CC1. The number of hydrogen-bond donors (Lipinski definition) is 0. The van der Waals surface area contributed by atoms with Gasteiger partial charge in [-0.1, -0.05) is 0 Å². The van der Waals surface area contributed by atoms with Crippen LogP contribution in [0.1, 0.15) is 6.42 Å². The molecule has 0 bridgehead atoms. The molecular weight excluding hydrogens is 408 g/mol. The second kappa shape index (κ2) is 7.53. The van der Waals surface area contributed by atoms with Gasteiger partial charge >= 0.3 is 0 Å². The van der Waals surface area contributed by atoms with Crippen LogP contribution in [0.15, 0.2) is 40.3 Å². The molecular formula is C19H18N6O2S2. The van der Waals surface area contributed by atoms with Crippen molar-refractivity contribution in [2.24, 2.45) is 0 Å². The van der Waals surface area contributed by atoms with Crippen molar-refractivity contribution in [2.75, 3.05) is 31.1 Å². The molecule has 29 heavy (non-hydrogen) atoms. The fraction of sp³-hybridized carbons (Fsp3) is 0.316. The maximum Gasteiger partial charge on any atom is 0.262 e. The molecule has 0 N–H and O–H groups in total. The fourth-order valence-electron chi connectivity index (χ4n) is 3.62. The monoisotopic (exact) mass is 426 g/mol. The van der Waals surface area contributed by atoms with Gasteiger partial charge in [-0.15, -0.1) is 22.7 Å². The van der Waals surface area contributed by atoms with Crippen LogP contribution in [0.3, 0.4) is 0 Å². The maximum absolute atomic E-state index is 12.7. The van der Waals surface area contributed by atoms with Crippen LogP contribution in [-0.4, -0.2) is 56.5 Å². The molecule has 0 unspecified atom stereocenters. The van der Waals surface area contributed by atoms with Gasteiger partial charge in [0.2, 0.25) is 5.91 Å². The molecule has 4 aromatic heterocycles. The number of amides is 1. The highest BCUT2D eigenvalue weighted by Gasteiger charge is 2.23. The Labute approximate surface area is 174 Å². The van der Waals surface area contributed by atoms with Crippen molar-refractivity contribution in [3.63, 3.8) is 0 Å². The second-order valence-electron chi connectivity index (χ2n) is 6.84. The van der Waals surface area contributed by atoms with E-state index in [0.29, 0.717) is 31.4 Å². The predicted octanol–water partition coefficient (Wildman–Crippen LogP) is 2.20. The van der Waals surface area contributed by atoms with Crippen LogP contribution in [0.2, 0.25) is 0 Å². The molecule has 1 fully saturated rings. The van der Waals surface area contributed by atoms with Crippen LogP contribution >= 0.6 is 22.7 Å². The molecule has 4 aromatic rings. The number of piperazine rings is 1. The van der Waals surface area contributed by atoms with Gasteiger partial charge in [0.1, 0.15) is 21.8 Å². The number of carbonyl (C=O) groups is 1. The average Bonchev–Trinajstić information content (AvgIpc) is 3.42. The van der Waals surface area contributed by atoms with E-state index in [2.05, 4.69) is 19.9 Å². The normalized spacial score (nSPS) is 14.8. The van der Waals surface area contributed by atoms with Crippen LogP contribution < -0.4 is 10.5 Å². The molecule has 1 saturated heterocycles. The number of hydrogen-bond acceptors (Lipinski definition) is 8. The van der Waals surface area contributed by atoms with Crippen molar-refractivity contribution in [1.82, 2.24) is 24.4 Å². The van der Waals surface area contributed by atoms with Gasteiger partial charge in [-0.25, -0.2) is 15.0 Å². The van der Waals surface area contributed by atoms with Crippen LogP contribution in [0, 0.1) is 0 Å². The minimum absolute atomic E-state index is 0.0605. The summed E-state index contributed by atoms with van der Waals surface area (Å²) < 4.78 is 1.53. The molecule has 0 aliphatic carbocycles. The van der Waals surface area contributed by atoms with Gasteiger partial charge in [-0.3, -0.25) is 14.2 Å². The molecule has 5 heterocycles. The predicted molar refractivity (Wildman–Crippen MR) is 115 cm³/mol. The van der Waals surface area contributed by atoms with E-state index in [1.807, 2.05) is 21.7 Å². The van der Waals surface area contributed by atoms with Crippen LogP contribution in [0.5, 0.6) is 0 Å². The third kappa shape index (κ3) is 3.38. The number of nitrogens with zero attached hydrogens (tertiary/aromatic N) is 6. The molecule has 0 spiro atoms. The van der Waals surface area contributed by atoms with Crippen molar-refractivity contribution >= 4 is 54.8 Å². The Morgan fingerprint density at radius 2 is 1.69 bits per heavy atom. The molecule has 5 rings (SSSR count). The number of rotatable bonds is 4. The minimum atomic E-state index is -0.0857. The van der Waals surface area contributed by atoms with Gasteiger partial charge in [0.15, 0.2) is 0 Å². The third-order valence-corrected chi connectivity index (χ3v) is 6.83. The van der Waals surface area contributed by atoms with Gasteiger partial charge in [0.05, 0.1) is 17.1 Å². The number of thiophene rings is 2. The van der Waals surface area contributed by atoms with E-state index in [0.717, 1.165) is 34.0 Å². The molecule has 0 aromatic carbocycles. The fourth-order valence-corrected chi connectivity index (χ4v) is 5.07. The lowest BCUT2D eigenvalue weighted by Crippen LogP contribution is -2.49. The van der Waals surface area contributed by atoms with E-state index < -0.39 is 0 Å². The first-order chi connectivity index (χ1) is 14.2. The second-order valence-corrected chi connectivity index (χ2v) is 8.63. The number of fused-ring (bicyclic) bond motifs is 2. The van der Waals surface area contributed by atoms with Gasteiger partial charge in [-0.05, 0) is 22.9 Å². The number of carbonyl (C=O) groups excluding carboxylic acids is 1. The van der Waals surface area contributed by atoms with E-state index >= 15 is 0 Å². The lowest BCUT2D eigenvalue weighted by atomic mass is 10.2. The molecule has 0 atom stereocenters. The lowest BCUT2D eigenvalue weighted by molar-refractivity contribution is -0.131. The molecule has 148 valence electrons. The Balaban J connectivity index is 1.21. The van der Waals surface area contributed by atoms with Crippen molar-refractivity contribution in [1.29, 1.82) is 0 Å². The molecule has 8 nitrogen and oxygen atoms in total. The summed E-state index contributed by atoms with van der Waals surface area (Å²) in [5.41, 5.74) is -0.0857. The van der Waals surface area contributed by atoms with Crippen molar-refractivity contribution in [3.8, 4) is 0 Å². The molecule has 0 saturated carbocycles. The van der Waals surface area contributed by atoms with E-state index in [1.165, 1.54) is 22.2 Å². The Morgan fingerprint density at radius 1 is 0.966 bits per heavy atom. The van der Waals surface area contributed by atoms with E-state index in [1.54, 1.807) is 23.7 Å². The quantitative estimate of drug-likeness (QED) is 0.497. The Hall–Kier alpha value is -2.85. The van der Waals surface area contributed by atoms with E-state index in [-0.39, 0.29) is 11.5 Å². The van der Waals surface area contributed by atoms with E-state index in [9.17, 15) is 9.59 Å². The van der Waals surface area contributed by atoms with Crippen LogP contribution in [0.4, 0.5) is 5.82 Å². The molecule has 1 aliphatic rings. The first-order valence-corrected chi connectivity index (χ1v) is 11.1. The number of aryl methyl sites for hydroxylation is 1. The highest BCUT2D eigenvalue weighted by molar-refractivity contribution is 7.17. The number of aromatic nitrogens is 4. The average molecular weight is 427 g/mol. The van der Waals surface area contributed by atoms with Crippen molar-refractivity contribution in [2.45, 2.75) is 13.0 Å². The zero-order valence-corrected chi connectivity index (χ0v) is 17.2. The molecule has 1 aliphatic heterocycles. The summed E-state index contributed by atoms with van der Waals surface area (Å²) in [6, 6.07) is 3.83. The Morgan fingerprint density at radius 3 is 2.48 bits per heavy atom. The number of anilines is 1. The van der Waals surface area contributed by atoms with Gasteiger partial charge in [0.25, 0.3) is 5.56 Å². The first kappa shape index (κ1) is 18.2. The highest BCUT2D eigenvalue weighted by atomic mass is 32.1. The van der Waals surface area contributed by atoms with Gasteiger partial charge in [0, 0.05) is 39.1 Å². The topological polar surface area (TPSA) is 84.2 Å². The summed E-state index contributed by atoms with van der Waals surface area (Å²) in [5, 5.41) is 5.55. The lowest BCUT2D eigenvalue weighted by Gasteiger charge is -2.35. The molecule has 10 heteroatoms. The standard InChI is InChI=1S/C19H18N6O2S2/c26-15(1-4-25-12-22-18-14(19(25)27)3-10-29-18)23-5-7-24(8-6-23)16-13-2-9-28-17(13)21-11-20-16/h2-3,9-12H,1,4-8H2. The first-order valence-electron chi connectivity index (χ1n) is 9.34. The zero-order valence-electron chi connectivity index (χ0n) is 15.5. The summed E-state index contributed by atoms with van der Waals surface area (Å²) in [5.74, 6) is 0.996. The summed E-state index contributed by atoms with van der Waals surface area (Å²) in [6.07, 6.45) is 3.43. The van der Waals surface area contributed by atoms with Gasteiger partial charge in [-0.2, -0.15) is 0 Å². The van der Waals surface area contributed by atoms with Crippen molar-refractivity contribution in [3.05, 3.63) is 45.9 Å². The summed E-state index contributed by atoms with van der Waals surface area (Å²) in [4.78, 5) is 43.9. The largest absolute Gasteiger partial charge is 0.352 e. The highest BCUT2D eigenvalue weighted by Crippen LogP contribution is 2.27. The smallest absolute Gasteiger partial charge is 0.262 e. The summed E-state index contributed by atoms with van der Waals surface area (Å²) >= 11 is 3.05. The van der Waals surface area contributed by atoms with Crippen LogP contribution in [0.25, 0.3) is 20.4 Å². The maximum atomic E-state index is 12.7. The van der Waals surface area contributed by atoms with Gasteiger partial charge < -0.3 is 9.80 Å². The van der Waals surface area contributed by atoms with Crippen molar-refractivity contribution < 1.29 is 4.79 Å².